The van der Waals surface area contributed by atoms with Gasteiger partial charge in [-0.1, -0.05) is 0 Å². The number of rotatable bonds is 8. The van der Waals surface area contributed by atoms with Crippen LogP contribution in [0.25, 0.3) is 22.2 Å². The second-order valence-electron chi connectivity index (χ2n) is 8.83. The Kier molecular flexibility index (Phi) is 7.00. The van der Waals surface area contributed by atoms with Crippen LogP contribution in [0.15, 0.2) is 30.5 Å². The van der Waals surface area contributed by atoms with Crippen LogP contribution in [-0.4, -0.2) is 52.2 Å². The van der Waals surface area contributed by atoms with Crippen molar-refractivity contribution in [2.45, 2.75) is 52.6 Å². The topological polar surface area (TPSA) is 113 Å². The van der Waals surface area contributed by atoms with Gasteiger partial charge in [0, 0.05) is 34.8 Å². The van der Waals surface area contributed by atoms with Crippen molar-refractivity contribution in [3.63, 3.8) is 0 Å². The van der Waals surface area contributed by atoms with Gasteiger partial charge < -0.3 is 25.2 Å². The third kappa shape index (κ3) is 5.95. The molecule has 4 N–H and O–H groups in total. The van der Waals surface area contributed by atoms with Crippen molar-refractivity contribution in [1.29, 1.82) is 0 Å². The number of pyridine rings is 1. The van der Waals surface area contributed by atoms with Crippen molar-refractivity contribution in [1.82, 2.24) is 20.3 Å². The van der Waals surface area contributed by atoms with Crippen molar-refractivity contribution >= 4 is 22.8 Å². The van der Waals surface area contributed by atoms with Crippen LogP contribution in [0.1, 0.15) is 34.6 Å². The molecule has 2 heterocycles. The van der Waals surface area contributed by atoms with Crippen LogP contribution >= 0.6 is 0 Å². The SMILES string of the molecule is COc1cc(OC)cc(-c2cc3cnc(NC(C)C)nc3nc2NC(O)NC(C)(C)C)c1. The molecule has 32 heavy (non-hydrogen) atoms. The summed E-state index contributed by atoms with van der Waals surface area (Å²) in [5.74, 6) is 2.25. The van der Waals surface area contributed by atoms with Crippen molar-refractivity contribution < 1.29 is 14.6 Å². The normalized spacial score (nSPS) is 12.7. The van der Waals surface area contributed by atoms with E-state index in [1.165, 1.54) is 0 Å². The minimum atomic E-state index is -1.03. The fourth-order valence-corrected chi connectivity index (χ4v) is 3.16. The van der Waals surface area contributed by atoms with Gasteiger partial charge in [-0.05, 0) is 58.4 Å². The number of aliphatic hydroxyl groups excluding tert-OH is 1. The number of nitrogens with zero attached hydrogens (tertiary/aromatic N) is 3. The Bertz CT molecular complexity index is 1060. The lowest BCUT2D eigenvalue weighted by Gasteiger charge is -2.26. The zero-order valence-corrected chi connectivity index (χ0v) is 19.6. The monoisotopic (exact) mass is 440 g/mol. The molecule has 0 aliphatic heterocycles. The first-order valence-corrected chi connectivity index (χ1v) is 10.5. The van der Waals surface area contributed by atoms with Gasteiger partial charge in [-0.15, -0.1) is 0 Å². The maximum atomic E-state index is 10.6. The highest BCUT2D eigenvalue weighted by atomic mass is 16.5. The second-order valence-corrected chi connectivity index (χ2v) is 8.83. The molecule has 3 rings (SSSR count). The Balaban J connectivity index is 2.14. The molecule has 0 amide bonds. The fraction of sp³-hybridized carbons (Fsp3) is 0.435. The maximum Gasteiger partial charge on any atom is 0.224 e. The summed E-state index contributed by atoms with van der Waals surface area (Å²) in [7, 11) is 3.20. The predicted molar refractivity (Wildman–Crippen MR) is 127 cm³/mol. The molecule has 1 atom stereocenters. The number of aliphatic hydroxyl groups is 1. The van der Waals surface area contributed by atoms with Crippen LogP contribution in [0, 0.1) is 0 Å². The van der Waals surface area contributed by atoms with Gasteiger partial charge >= 0.3 is 0 Å². The standard InChI is InChI=1S/C23H32N6O3/c1-13(2)25-21-24-12-15-10-18(14-8-16(31-6)11-17(9-14)32-7)20(26-19(15)27-21)28-22(30)29-23(3,4)5/h8-13,22,29-30H,1-7H3,(H2,24,25,26,27,28). The molecular formula is C23H32N6O3. The fourth-order valence-electron chi connectivity index (χ4n) is 3.16. The van der Waals surface area contributed by atoms with Crippen LogP contribution in [-0.2, 0) is 0 Å². The summed E-state index contributed by atoms with van der Waals surface area (Å²) in [4.78, 5) is 13.6. The van der Waals surface area contributed by atoms with E-state index in [0.29, 0.717) is 28.9 Å². The van der Waals surface area contributed by atoms with E-state index in [-0.39, 0.29) is 11.6 Å². The number of methoxy groups -OCH3 is 2. The van der Waals surface area contributed by atoms with Crippen LogP contribution in [0.4, 0.5) is 11.8 Å². The lowest BCUT2D eigenvalue weighted by atomic mass is 10.0. The first-order chi connectivity index (χ1) is 15.1. The van der Waals surface area contributed by atoms with E-state index in [1.54, 1.807) is 26.5 Å². The van der Waals surface area contributed by atoms with Gasteiger partial charge in [-0.25, -0.2) is 9.97 Å². The summed E-state index contributed by atoms with van der Waals surface area (Å²) in [6, 6.07) is 7.69. The molecule has 0 saturated heterocycles. The number of ether oxygens (including phenoxy) is 2. The smallest absolute Gasteiger partial charge is 0.224 e. The van der Waals surface area contributed by atoms with E-state index in [1.807, 2.05) is 52.8 Å². The van der Waals surface area contributed by atoms with E-state index in [9.17, 15) is 5.11 Å². The molecule has 0 aliphatic rings. The second kappa shape index (κ2) is 9.54. The van der Waals surface area contributed by atoms with Gasteiger partial charge in [-0.3, -0.25) is 5.32 Å². The van der Waals surface area contributed by atoms with Gasteiger partial charge in [0.1, 0.15) is 17.3 Å². The largest absolute Gasteiger partial charge is 0.497 e. The average molecular weight is 441 g/mol. The molecule has 0 bridgehead atoms. The number of hydrogen-bond acceptors (Lipinski definition) is 9. The highest BCUT2D eigenvalue weighted by Crippen LogP contribution is 2.35. The van der Waals surface area contributed by atoms with E-state index in [4.69, 9.17) is 14.5 Å². The number of aromatic nitrogens is 3. The third-order valence-corrected chi connectivity index (χ3v) is 4.49. The van der Waals surface area contributed by atoms with E-state index >= 15 is 0 Å². The van der Waals surface area contributed by atoms with Crippen LogP contribution in [0.2, 0.25) is 0 Å². The average Bonchev–Trinajstić information content (AvgIpc) is 2.70. The Hall–Kier alpha value is -3.17. The molecule has 9 heteroatoms. The highest BCUT2D eigenvalue weighted by Gasteiger charge is 2.19. The molecule has 1 aromatic carbocycles. The molecular weight excluding hydrogens is 408 g/mol. The summed E-state index contributed by atoms with van der Waals surface area (Å²) in [6.07, 6.45) is 0.704. The summed E-state index contributed by atoms with van der Waals surface area (Å²) in [5, 5.41) is 20.7. The molecule has 0 spiro atoms. The molecule has 0 radical (unpaired) electrons. The lowest BCUT2D eigenvalue weighted by Crippen LogP contribution is -2.47. The molecule has 2 aromatic heterocycles. The number of benzene rings is 1. The summed E-state index contributed by atoms with van der Waals surface area (Å²) in [5.41, 5.74) is 1.76. The van der Waals surface area contributed by atoms with Gasteiger partial charge in [0.2, 0.25) is 5.95 Å². The number of anilines is 2. The Morgan fingerprint density at radius 1 is 0.938 bits per heavy atom. The number of hydrogen-bond donors (Lipinski definition) is 4. The minimum Gasteiger partial charge on any atom is -0.497 e. The summed E-state index contributed by atoms with van der Waals surface area (Å²) >= 11 is 0. The summed E-state index contributed by atoms with van der Waals surface area (Å²) < 4.78 is 10.9. The van der Waals surface area contributed by atoms with Crippen LogP contribution in [0.3, 0.4) is 0 Å². The summed E-state index contributed by atoms with van der Waals surface area (Å²) in [6.45, 7) is 9.94. The van der Waals surface area contributed by atoms with Crippen molar-refractivity contribution in [2.24, 2.45) is 0 Å². The molecule has 9 nitrogen and oxygen atoms in total. The minimum absolute atomic E-state index is 0.186. The van der Waals surface area contributed by atoms with Crippen molar-refractivity contribution in [2.75, 3.05) is 24.9 Å². The molecule has 0 fully saturated rings. The van der Waals surface area contributed by atoms with Crippen LogP contribution < -0.4 is 25.4 Å². The quantitative estimate of drug-likeness (QED) is 0.390. The first kappa shape index (κ1) is 23.5. The number of fused-ring (bicyclic) bond motifs is 1. The lowest BCUT2D eigenvalue weighted by molar-refractivity contribution is 0.131. The molecule has 0 aliphatic carbocycles. The predicted octanol–water partition coefficient (Wildman–Crippen LogP) is 3.61. The van der Waals surface area contributed by atoms with Crippen molar-refractivity contribution in [3.05, 3.63) is 30.5 Å². The van der Waals surface area contributed by atoms with Gasteiger partial charge in [0.25, 0.3) is 0 Å². The zero-order chi connectivity index (χ0) is 23.5. The molecule has 0 saturated carbocycles. The van der Waals surface area contributed by atoms with E-state index in [2.05, 4.69) is 25.9 Å². The molecule has 1 unspecified atom stereocenters. The highest BCUT2D eigenvalue weighted by molar-refractivity contribution is 5.88. The van der Waals surface area contributed by atoms with Crippen molar-refractivity contribution in [3.8, 4) is 22.6 Å². The molecule has 3 aromatic rings. The van der Waals surface area contributed by atoms with E-state index < -0.39 is 6.35 Å². The van der Waals surface area contributed by atoms with E-state index in [0.717, 1.165) is 16.5 Å². The maximum absolute atomic E-state index is 10.6. The Labute approximate surface area is 188 Å². The van der Waals surface area contributed by atoms with Gasteiger partial charge in [-0.2, -0.15) is 4.98 Å². The van der Waals surface area contributed by atoms with Gasteiger partial charge in [0.05, 0.1) is 14.2 Å². The van der Waals surface area contributed by atoms with Crippen LogP contribution in [0.5, 0.6) is 11.5 Å². The number of nitrogens with one attached hydrogen (secondary N) is 3. The zero-order valence-electron chi connectivity index (χ0n) is 19.6. The Morgan fingerprint density at radius 2 is 1.59 bits per heavy atom. The first-order valence-electron chi connectivity index (χ1n) is 10.5. The van der Waals surface area contributed by atoms with Gasteiger partial charge in [0.15, 0.2) is 12.0 Å². The Morgan fingerprint density at radius 3 is 2.16 bits per heavy atom. The molecule has 172 valence electrons. The third-order valence-electron chi connectivity index (χ3n) is 4.49.